The zero-order valence-electron chi connectivity index (χ0n) is 10.1. The van der Waals surface area contributed by atoms with Gasteiger partial charge in [0.05, 0.1) is 25.5 Å². The molecule has 1 aromatic rings. The van der Waals surface area contributed by atoms with Crippen LogP contribution in [0.4, 0.5) is 0 Å². The molecule has 6 nitrogen and oxygen atoms in total. The fraction of sp³-hybridized carbons (Fsp3) is 0.667. The molecule has 0 amide bonds. The van der Waals surface area contributed by atoms with Gasteiger partial charge in [0, 0.05) is 12.2 Å². The number of rotatable bonds is 3. The third-order valence-electron chi connectivity index (χ3n) is 3.88. The van der Waals surface area contributed by atoms with Gasteiger partial charge in [0.25, 0.3) is 0 Å². The molecule has 0 spiro atoms. The molecule has 0 atom stereocenters. The third-order valence-corrected chi connectivity index (χ3v) is 3.88. The highest BCUT2D eigenvalue weighted by molar-refractivity contribution is 5.81. The van der Waals surface area contributed by atoms with Crippen molar-refractivity contribution < 1.29 is 19.7 Å². The lowest BCUT2D eigenvalue weighted by molar-refractivity contribution is -0.164. The summed E-state index contributed by atoms with van der Waals surface area (Å²) < 4.78 is 7.07. The molecule has 1 saturated heterocycles. The van der Waals surface area contributed by atoms with Gasteiger partial charge in [-0.3, -0.25) is 4.79 Å². The van der Waals surface area contributed by atoms with Crippen molar-refractivity contribution in [1.29, 1.82) is 0 Å². The number of fused-ring (bicyclic) bond motifs is 1. The first-order chi connectivity index (χ1) is 8.69. The molecule has 0 aliphatic carbocycles. The molecule has 3 heterocycles. The highest BCUT2D eigenvalue weighted by Crippen LogP contribution is 2.35. The number of nitrogens with zero attached hydrogens (tertiary/aromatic N) is 2. The second kappa shape index (κ2) is 4.07. The average molecular weight is 252 g/mol. The number of carboxylic acid groups (broad SMARTS) is 1. The molecule has 3 rings (SSSR count). The Hall–Kier alpha value is -1.40. The van der Waals surface area contributed by atoms with Crippen molar-refractivity contribution in [1.82, 2.24) is 9.55 Å². The van der Waals surface area contributed by atoms with Crippen LogP contribution in [0.15, 0.2) is 0 Å². The highest BCUT2D eigenvalue weighted by atomic mass is 16.5. The summed E-state index contributed by atoms with van der Waals surface area (Å²) in [6.45, 7) is 0.992. The van der Waals surface area contributed by atoms with Gasteiger partial charge in [-0.05, 0) is 19.3 Å². The van der Waals surface area contributed by atoms with E-state index in [0.29, 0.717) is 11.5 Å². The van der Waals surface area contributed by atoms with Crippen LogP contribution in [0.1, 0.15) is 30.1 Å². The fourth-order valence-corrected chi connectivity index (χ4v) is 2.77. The SMILES string of the molecule is O=C(O)C1(c2nc(CO)c3n2CCCC3)COC1. The number of imidazole rings is 1. The van der Waals surface area contributed by atoms with Crippen LogP contribution in [0, 0.1) is 0 Å². The molecule has 0 aromatic carbocycles. The number of aliphatic hydroxyl groups excluding tert-OH is 1. The minimum absolute atomic E-state index is 0.133. The summed E-state index contributed by atoms with van der Waals surface area (Å²) in [5.41, 5.74) is 0.600. The van der Waals surface area contributed by atoms with Crippen LogP contribution in [0.25, 0.3) is 0 Å². The third kappa shape index (κ3) is 1.42. The van der Waals surface area contributed by atoms with E-state index in [0.717, 1.165) is 31.5 Å². The summed E-state index contributed by atoms with van der Waals surface area (Å²) in [6, 6.07) is 0. The van der Waals surface area contributed by atoms with E-state index in [1.807, 2.05) is 4.57 Å². The van der Waals surface area contributed by atoms with Crippen molar-refractivity contribution in [3.05, 3.63) is 17.2 Å². The summed E-state index contributed by atoms with van der Waals surface area (Å²) in [6.07, 6.45) is 2.95. The molecule has 2 N–H and O–H groups in total. The molecule has 0 unspecified atom stereocenters. The van der Waals surface area contributed by atoms with E-state index in [1.165, 1.54) is 0 Å². The number of aliphatic carboxylic acids is 1. The van der Waals surface area contributed by atoms with Gasteiger partial charge in [-0.25, -0.2) is 4.98 Å². The molecule has 98 valence electrons. The van der Waals surface area contributed by atoms with Crippen LogP contribution < -0.4 is 0 Å². The van der Waals surface area contributed by atoms with Crippen molar-refractivity contribution in [2.24, 2.45) is 0 Å². The van der Waals surface area contributed by atoms with Gasteiger partial charge in [0.2, 0.25) is 0 Å². The fourth-order valence-electron chi connectivity index (χ4n) is 2.77. The van der Waals surface area contributed by atoms with Crippen molar-refractivity contribution in [2.45, 2.75) is 37.8 Å². The summed E-state index contributed by atoms with van der Waals surface area (Å²) in [4.78, 5) is 15.9. The van der Waals surface area contributed by atoms with Gasteiger partial charge < -0.3 is 19.5 Å². The van der Waals surface area contributed by atoms with Crippen LogP contribution in [-0.4, -0.2) is 38.9 Å². The number of hydrogen-bond donors (Lipinski definition) is 2. The van der Waals surface area contributed by atoms with Gasteiger partial charge >= 0.3 is 5.97 Å². The maximum atomic E-state index is 11.5. The summed E-state index contributed by atoms with van der Waals surface area (Å²) in [7, 11) is 0. The molecular weight excluding hydrogens is 236 g/mol. The van der Waals surface area contributed by atoms with E-state index < -0.39 is 11.4 Å². The number of aromatic nitrogens is 2. The van der Waals surface area contributed by atoms with Gasteiger partial charge in [0.15, 0.2) is 5.41 Å². The van der Waals surface area contributed by atoms with Crippen molar-refractivity contribution in [3.63, 3.8) is 0 Å². The van der Waals surface area contributed by atoms with E-state index in [9.17, 15) is 15.0 Å². The Morgan fingerprint density at radius 2 is 2.22 bits per heavy atom. The Morgan fingerprint density at radius 3 is 2.78 bits per heavy atom. The Bertz CT molecular complexity index is 491. The first-order valence-corrected chi connectivity index (χ1v) is 6.20. The molecule has 0 radical (unpaired) electrons. The second-order valence-electron chi connectivity index (χ2n) is 4.98. The van der Waals surface area contributed by atoms with Gasteiger partial charge in [-0.2, -0.15) is 0 Å². The normalized spacial score (nSPS) is 21.2. The predicted molar refractivity (Wildman–Crippen MR) is 61.2 cm³/mol. The zero-order valence-corrected chi connectivity index (χ0v) is 10.1. The molecule has 2 aliphatic rings. The molecule has 18 heavy (non-hydrogen) atoms. The van der Waals surface area contributed by atoms with E-state index in [-0.39, 0.29) is 19.8 Å². The van der Waals surface area contributed by atoms with Crippen molar-refractivity contribution in [3.8, 4) is 0 Å². The molecule has 0 saturated carbocycles. The number of ether oxygens (including phenoxy) is 1. The number of carbonyl (C=O) groups is 1. The number of carboxylic acids is 1. The van der Waals surface area contributed by atoms with E-state index in [1.54, 1.807) is 0 Å². The van der Waals surface area contributed by atoms with Crippen LogP contribution in [0.3, 0.4) is 0 Å². The lowest BCUT2D eigenvalue weighted by Gasteiger charge is -2.37. The van der Waals surface area contributed by atoms with Crippen LogP contribution in [0.5, 0.6) is 0 Å². The van der Waals surface area contributed by atoms with Crippen LogP contribution in [0.2, 0.25) is 0 Å². The molecule has 1 fully saturated rings. The lowest BCUT2D eigenvalue weighted by Crippen LogP contribution is -2.54. The summed E-state index contributed by atoms with van der Waals surface area (Å²) in [5.74, 6) is -0.336. The van der Waals surface area contributed by atoms with Crippen LogP contribution >= 0.6 is 0 Å². The molecule has 2 aliphatic heterocycles. The predicted octanol–water partition coefficient (Wildman–Crippen LogP) is 0.0643. The van der Waals surface area contributed by atoms with Crippen molar-refractivity contribution in [2.75, 3.05) is 13.2 Å². The monoisotopic (exact) mass is 252 g/mol. The van der Waals surface area contributed by atoms with Crippen molar-refractivity contribution >= 4 is 5.97 Å². The largest absolute Gasteiger partial charge is 0.480 e. The summed E-state index contributed by atoms with van der Waals surface area (Å²) in [5, 5.41) is 18.8. The minimum atomic E-state index is -1.01. The Labute approximate surface area is 104 Å². The maximum absolute atomic E-state index is 11.5. The average Bonchev–Trinajstić information content (AvgIpc) is 2.67. The smallest absolute Gasteiger partial charge is 0.322 e. The minimum Gasteiger partial charge on any atom is -0.480 e. The van der Waals surface area contributed by atoms with E-state index in [4.69, 9.17) is 4.74 Å². The quantitative estimate of drug-likeness (QED) is 0.795. The highest BCUT2D eigenvalue weighted by Gasteiger charge is 2.52. The Kier molecular flexibility index (Phi) is 2.64. The van der Waals surface area contributed by atoms with Gasteiger partial charge in [-0.15, -0.1) is 0 Å². The first-order valence-electron chi connectivity index (χ1n) is 6.20. The molecule has 1 aromatic heterocycles. The number of aliphatic hydroxyl groups is 1. The first kappa shape index (κ1) is 11.7. The standard InChI is InChI=1S/C12H16N2O4/c15-5-8-9-3-1-2-4-14(9)10(13-8)12(11(16)17)6-18-7-12/h15H,1-7H2,(H,16,17). The number of hydrogen-bond acceptors (Lipinski definition) is 4. The molecular formula is C12H16N2O4. The Morgan fingerprint density at radius 1 is 1.44 bits per heavy atom. The van der Waals surface area contributed by atoms with E-state index in [2.05, 4.69) is 4.98 Å². The Balaban J connectivity index is 2.12. The topological polar surface area (TPSA) is 84.6 Å². The van der Waals surface area contributed by atoms with E-state index >= 15 is 0 Å². The summed E-state index contributed by atoms with van der Waals surface area (Å²) >= 11 is 0. The van der Waals surface area contributed by atoms with Gasteiger partial charge in [0.1, 0.15) is 5.82 Å². The molecule has 6 heteroatoms. The van der Waals surface area contributed by atoms with Crippen LogP contribution in [-0.2, 0) is 34.5 Å². The maximum Gasteiger partial charge on any atom is 0.322 e. The van der Waals surface area contributed by atoms with Gasteiger partial charge in [-0.1, -0.05) is 0 Å². The lowest BCUT2D eigenvalue weighted by atomic mass is 9.85. The second-order valence-corrected chi connectivity index (χ2v) is 4.98. The zero-order chi connectivity index (χ0) is 12.8. The molecule has 0 bridgehead atoms.